The molecule has 1 aliphatic heterocycles. The monoisotopic (exact) mass is 374 g/mol. The van der Waals surface area contributed by atoms with Crippen LogP contribution in [0.2, 0.25) is 0 Å². The third-order valence-corrected chi connectivity index (χ3v) is 5.37. The Morgan fingerprint density at radius 3 is 2.52 bits per heavy atom. The zero-order valence-corrected chi connectivity index (χ0v) is 16.4. The molecule has 2 aliphatic rings. The fourth-order valence-corrected chi connectivity index (χ4v) is 3.72. The van der Waals surface area contributed by atoms with Gasteiger partial charge in [-0.15, -0.1) is 0 Å². The Bertz CT molecular complexity index is 681. The lowest BCUT2D eigenvalue weighted by molar-refractivity contribution is -0.130. The van der Waals surface area contributed by atoms with Crippen molar-refractivity contribution in [1.82, 2.24) is 5.32 Å². The van der Waals surface area contributed by atoms with Crippen LogP contribution in [0.15, 0.2) is 18.2 Å². The molecule has 2 N–H and O–H groups in total. The van der Waals surface area contributed by atoms with Gasteiger partial charge in [-0.2, -0.15) is 0 Å². The van der Waals surface area contributed by atoms with Crippen LogP contribution in [0.1, 0.15) is 52.9 Å². The van der Waals surface area contributed by atoms with E-state index in [4.69, 9.17) is 9.47 Å². The molecule has 0 saturated heterocycles. The predicted molar refractivity (Wildman–Crippen MR) is 104 cm³/mol. The van der Waals surface area contributed by atoms with Gasteiger partial charge in [0.2, 0.25) is 18.6 Å². The van der Waals surface area contributed by atoms with Crippen molar-refractivity contribution in [2.75, 3.05) is 12.1 Å². The van der Waals surface area contributed by atoms with E-state index in [0.717, 1.165) is 25.7 Å². The van der Waals surface area contributed by atoms with Crippen molar-refractivity contribution in [2.24, 2.45) is 17.8 Å². The highest BCUT2D eigenvalue weighted by Crippen LogP contribution is 2.34. The molecule has 1 fully saturated rings. The summed E-state index contributed by atoms with van der Waals surface area (Å²) in [5.74, 6) is 2.11. The van der Waals surface area contributed by atoms with Crippen molar-refractivity contribution in [1.29, 1.82) is 0 Å². The Labute approximate surface area is 161 Å². The number of carbonyl (C=O) groups is 2. The van der Waals surface area contributed by atoms with Crippen molar-refractivity contribution < 1.29 is 19.1 Å². The van der Waals surface area contributed by atoms with Gasteiger partial charge in [0.05, 0.1) is 0 Å². The minimum Gasteiger partial charge on any atom is -0.454 e. The Morgan fingerprint density at radius 1 is 1.11 bits per heavy atom. The second-order valence-electron chi connectivity index (χ2n) is 8.20. The van der Waals surface area contributed by atoms with E-state index in [-0.39, 0.29) is 24.5 Å². The van der Waals surface area contributed by atoms with E-state index in [0.29, 0.717) is 35.4 Å². The summed E-state index contributed by atoms with van der Waals surface area (Å²) < 4.78 is 10.6. The van der Waals surface area contributed by atoms with Gasteiger partial charge in [-0.1, -0.05) is 20.8 Å². The molecule has 1 saturated carbocycles. The van der Waals surface area contributed by atoms with E-state index in [1.165, 1.54) is 0 Å². The lowest BCUT2D eigenvalue weighted by atomic mass is 9.82. The molecule has 1 aliphatic carbocycles. The average molecular weight is 374 g/mol. The summed E-state index contributed by atoms with van der Waals surface area (Å²) in [6, 6.07) is 4.76. The normalized spacial score (nSPS) is 22.4. The predicted octanol–water partition coefficient (Wildman–Crippen LogP) is 3.71. The topological polar surface area (TPSA) is 76.7 Å². The molecule has 27 heavy (non-hydrogen) atoms. The lowest BCUT2D eigenvalue weighted by Gasteiger charge is -2.28. The second-order valence-corrected chi connectivity index (χ2v) is 8.20. The second kappa shape index (κ2) is 8.63. The quantitative estimate of drug-likeness (QED) is 0.796. The van der Waals surface area contributed by atoms with Gasteiger partial charge in [-0.25, -0.2) is 0 Å². The number of amides is 2. The first-order valence-electron chi connectivity index (χ1n) is 9.93. The molecule has 6 heteroatoms. The van der Waals surface area contributed by atoms with E-state index >= 15 is 0 Å². The minimum absolute atomic E-state index is 0.00777. The molecule has 0 radical (unpaired) electrons. The van der Waals surface area contributed by atoms with Crippen LogP contribution >= 0.6 is 0 Å². The van der Waals surface area contributed by atoms with E-state index in [2.05, 4.69) is 31.4 Å². The first-order valence-corrected chi connectivity index (χ1v) is 9.93. The molecule has 6 nitrogen and oxygen atoms in total. The number of anilines is 1. The third kappa shape index (κ3) is 5.15. The molecule has 0 bridgehead atoms. The van der Waals surface area contributed by atoms with Crippen molar-refractivity contribution in [2.45, 2.75) is 58.9 Å². The minimum atomic E-state index is -0.540. The smallest absolute Gasteiger partial charge is 0.246 e. The summed E-state index contributed by atoms with van der Waals surface area (Å²) in [5, 5.41) is 5.90. The van der Waals surface area contributed by atoms with Crippen LogP contribution in [0.4, 0.5) is 5.69 Å². The van der Waals surface area contributed by atoms with Crippen LogP contribution in [0, 0.1) is 17.8 Å². The molecular formula is C21H30N2O4. The van der Waals surface area contributed by atoms with Gasteiger partial charge in [0.15, 0.2) is 11.5 Å². The molecule has 0 aromatic heterocycles. The molecule has 1 aromatic rings. The van der Waals surface area contributed by atoms with Crippen LogP contribution in [0.25, 0.3) is 0 Å². The number of hydrogen-bond acceptors (Lipinski definition) is 4. The van der Waals surface area contributed by atoms with Gasteiger partial charge < -0.3 is 20.1 Å². The molecule has 0 spiro atoms. The number of hydrogen-bond donors (Lipinski definition) is 2. The Morgan fingerprint density at radius 2 is 1.81 bits per heavy atom. The highest BCUT2D eigenvalue weighted by atomic mass is 16.7. The number of nitrogens with one attached hydrogen (secondary N) is 2. The van der Waals surface area contributed by atoms with E-state index < -0.39 is 6.04 Å². The largest absolute Gasteiger partial charge is 0.454 e. The van der Waals surface area contributed by atoms with E-state index in [9.17, 15) is 9.59 Å². The van der Waals surface area contributed by atoms with Crippen molar-refractivity contribution >= 4 is 17.5 Å². The summed E-state index contributed by atoms with van der Waals surface area (Å²) in [6.07, 6.45) is 4.58. The standard InChI is InChI=1S/C21H30N2O4/c1-13(2)10-17(23-20(24)15-6-4-14(3)5-7-15)21(25)22-16-8-9-18-19(11-16)27-12-26-18/h8-9,11,13-15,17H,4-7,10,12H2,1-3H3,(H,22,25)(H,23,24). The van der Waals surface area contributed by atoms with Gasteiger partial charge in [0, 0.05) is 17.7 Å². The number of fused-ring (bicyclic) bond motifs is 1. The maximum Gasteiger partial charge on any atom is 0.246 e. The fraction of sp³-hybridized carbons (Fsp3) is 0.619. The molecule has 1 unspecified atom stereocenters. The first kappa shape index (κ1) is 19.5. The average Bonchev–Trinajstić information content (AvgIpc) is 3.09. The lowest BCUT2D eigenvalue weighted by Crippen LogP contribution is -2.47. The van der Waals surface area contributed by atoms with Crippen molar-refractivity contribution in [3.05, 3.63) is 18.2 Å². The van der Waals surface area contributed by atoms with Gasteiger partial charge in [-0.3, -0.25) is 9.59 Å². The van der Waals surface area contributed by atoms with Gasteiger partial charge >= 0.3 is 0 Å². The summed E-state index contributed by atoms with van der Waals surface area (Å²) in [6.45, 7) is 6.53. The van der Waals surface area contributed by atoms with Crippen molar-refractivity contribution in [3.8, 4) is 11.5 Å². The Hall–Kier alpha value is -2.24. The molecule has 3 rings (SSSR count). The molecule has 2 amide bonds. The molecule has 1 heterocycles. The molecular weight excluding hydrogens is 344 g/mol. The fourth-order valence-electron chi connectivity index (χ4n) is 3.72. The highest BCUT2D eigenvalue weighted by molar-refractivity contribution is 5.97. The van der Waals surface area contributed by atoms with Gasteiger partial charge in [0.25, 0.3) is 0 Å². The molecule has 148 valence electrons. The van der Waals surface area contributed by atoms with Crippen LogP contribution in [0.5, 0.6) is 11.5 Å². The number of carbonyl (C=O) groups excluding carboxylic acids is 2. The molecule has 1 aromatic carbocycles. The van der Waals surface area contributed by atoms with E-state index in [1.54, 1.807) is 18.2 Å². The highest BCUT2D eigenvalue weighted by Gasteiger charge is 2.29. The summed E-state index contributed by atoms with van der Waals surface area (Å²) in [5.41, 5.74) is 0.638. The Kier molecular flexibility index (Phi) is 6.24. The Balaban J connectivity index is 1.62. The maximum absolute atomic E-state index is 12.8. The first-order chi connectivity index (χ1) is 12.9. The van der Waals surface area contributed by atoms with Gasteiger partial charge in [-0.05, 0) is 56.1 Å². The van der Waals surface area contributed by atoms with Crippen LogP contribution in [-0.2, 0) is 9.59 Å². The van der Waals surface area contributed by atoms with Gasteiger partial charge in [0.1, 0.15) is 6.04 Å². The maximum atomic E-state index is 12.8. The SMILES string of the molecule is CC(C)CC(NC(=O)C1CCC(C)CC1)C(=O)Nc1ccc2c(c1)OCO2. The number of ether oxygens (including phenoxy) is 2. The van der Waals surface area contributed by atoms with Crippen LogP contribution in [-0.4, -0.2) is 24.6 Å². The number of rotatable bonds is 6. The van der Waals surface area contributed by atoms with E-state index in [1.807, 2.05) is 0 Å². The van der Waals surface area contributed by atoms with Crippen LogP contribution < -0.4 is 20.1 Å². The third-order valence-electron chi connectivity index (χ3n) is 5.37. The zero-order chi connectivity index (χ0) is 19.4. The number of benzene rings is 1. The van der Waals surface area contributed by atoms with Crippen molar-refractivity contribution in [3.63, 3.8) is 0 Å². The summed E-state index contributed by atoms with van der Waals surface area (Å²) in [4.78, 5) is 25.5. The zero-order valence-electron chi connectivity index (χ0n) is 16.4. The van der Waals surface area contributed by atoms with Crippen LogP contribution in [0.3, 0.4) is 0 Å². The molecule has 1 atom stereocenters. The summed E-state index contributed by atoms with van der Waals surface area (Å²) in [7, 11) is 0. The summed E-state index contributed by atoms with van der Waals surface area (Å²) >= 11 is 0.